The number of benzene rings is 2. The maximum absolute atomic E-state index is 12.5. The second-order valence-electron chi connectivity index (χ2n) is 10.1. The Balaban J connectivity index is 0.000000816. The number of nitrogens with one attached hydrogen (secondary N) is 2. The van der Waals surface area contributed by atoms with Gasteiger partial charge < -0.3 is 19.2 Å². The molecule has 0 unspecified atom stereocenters. The zero-order valence-electron chi connectivity index (χ0n) is 26.9. The molecule has 1 saturated heterocycles. The lowest BCUT2D eigenvalue weighted by molar-refractivity contribution is 0.0290. The minimum absolute atomic E-state index is 0.166. The summed E-state index contributed by atoms with van der Waals surface area (Å²) in [6.07, 6.45) is 5.72. The summed E-state index contributed by atoms with van der Waals surface area (Å²) in [5, 5.41) is 3.65. The number of unbranched alkanes of at least 4 members (excludes halogenated alkanes) is 1. The standard InChI is InChI=1S/C29H30N4O5.C4H10.C2H6/c1-19(34)23-15-20(7-8-26(23)32-29(35)38-14-11-33-9-12-37-13-10-33)21-16-24-25(18-31-28(24)30-17-21)22-5-3-4-6-27(22)36-2;1-3-4-2;1-2/h3-8,15-18H,9-14H2,1-2H3,(H,30,31)(H,32,35);3-4H2,1-2H3;1-2H3. The number of ether oxygens (including phenoxy) is 3. The van der Waals surface area contributed by atoms with Gasteiger partial charge in [0.05, 0.1) is 26.0 Å². The van der Waals surface area contributed by atoms with Gasteiger partial charge in [-0.1, -0.05) is 64.8 Å². The van der Waals surface area contributed by atoms with E-state index in [0.29, 0.717) is 31.0 Å². The van der Waals surface area contributed by atoms with Crippen molar-refractivity contribution in [3.8, 4) is 28.0 Å². The van der Waals surface area contributed by atoms with Gasteiger partial charge in [0.25, 0.3) is 0 Å². The normalized spacial score (nSPS) is 12.8. The van der Waals surface area contributed by atoms with Gasteiger partial charge in [-0.15, -0.1) is 0 Å². The van der Waals surface area contributed by atoms with Crippen molar-refractivity contribution in [1.29, 1.82) is 0 Å². The summed E-state index contributed by atoms with van der Waals surface area (Å²) in [4.78, 5) is 34.9. The molecule has 3 heterocycles. The zero-order valence-corrected chi connectivity index (χ0v) is 26.9. The summed E-state index contributed by atoms with van der Waals surface area (Å²) in [6.45, 7) is 13.8. The molecule has 0 atom stereocenters. The van der Waals surface area contributed by atoms with Crippen molar-refractivity contribution < 1.29 is 23.8 Å². The van der Waals surface area contributed by atoms with Crippen LogP contribution in [0.3, 0.4) is 0 Å². The first-order valence-corrected chi connectivity index (χ1v) is 15.4. The number of carbonyl (C=O) groups excluding carboxylic acids is 2. The van der Waals surface area contributed by atoms with Gasteiger partial charge in [-0.3, -0.25) is 15.0 Å². The number of morpholine rings is 1. The van der Waals surface area contributed by atoms with Crippen molar-refractivity contribution in [3.63, 3.8) is 0 Å². The molecule has 44 heavy (non-hydrogen) atoms. The van der Waals surface area contributed by atoms with Crippen LogP contribution in [0.4, 0.5) is 10.5 Å². The molecular formula is C35H46N4O5. The summed E-state index contributed by atoms with van der Waals surface area (Å²) in [6, 6.07) is 15.2. The third-order valence-electron chi connectivity index (χ3n) is 7.14. The fourth-order valence-corrected chi connectivity index (χ4v) is 4.61. The maximum Gasteiger partial charge on any atom is 0.411 e. The number of rotatable bonds is 9. The first-order valence-electron chi connectivity index (χ1n) is 15.4. The quantitative estimate of drug-likeness (QED) is 0.188. The lowest BCUT2D eigenvalue weighted by atomic mass is 9.99. The minimum Gasteiger partial charge on any atom is -0.496 e. The first-order chi connectivity index (χ1) is 21.4. The van der Waals surface area contributed by atoms with Crippen LogP contribution in [0.25, 0.3) is 33.3 Å². The number of Topliss-reactive ketones (excluding diaryl/α,β-unsaturated/α-hetero) is 1. The molecule has 1 fully saturated rings. The number of hydrogen-bond donors (Lipinski definition) is 2. The number of anilines is 1. The monoisotopic (exact) mass is 602 g/mol. The molecule has 0 radical (unpaired) electrons. The van der Waals surface area contributed by atoms with Gasteiger partial charge in [0.15, 0.2) is 5.78 Å². The van der Waals surface area contributed by atoms with Gasteiger partial charge in [-0.25, -0.2) is 9.78 Å². The second kappa shape index (κ2) is 17.8. The molecule has 0 aliphatic carbocycles. The van der Waals surface area contributed by atoms with Crippen LogP contribution in [0.1, 0.15) is 57.8 Å². The third kappa shape index (κ3) is 9.14. The van der Waals surface area contributed by atoms with Gasteiger partial charge in [0, 0.05) is 59.7 Å². The van der Waals surface area contributed by atoms with E-state index >= 15 is 0 Å². The summed E-state index contributed by atoms with van der Waals surface area (Å²) < 4.78 is 16.2. The summed E-state index contributed by atoms with van der Waals surface area (Å²) in [5.74, 6) is 0.603. The van der Waals surface area contributed by atoms with E-state index < -0.39 is 6.09 Å². The fourth-order valence-electron chi connectivity index (χ4n) is 4.61. The van der Waals surface area contributed by atoms with Crippen LogP contribution in [0, 0.1) is 0 Å². The lowest BCUT2D eigenvalue weighted by Crippen LogP contribution is -2.38. The number of ketones is 1. The van der Waals surface area contributed by atoms with E-state index in [1.54, 1.807) is 25.4 Å². The van der Waals surface area contributed by atoms with E-state index in [0.717, 1.165) is 52.1 Å². The second-order valence-corrected chi connectivity index (χ2v) is 10.1. The fraction of sp³-hybridized carbons (Fsp3) is 0.400. The molecule has 5 rings (SSSR count). The van der Waals surface area contributed by atoms with E-state index in [2.05, 4.69) is 34.0 Å². The van der Waals surface area contributed by atoms with Crippen molar-refractivity contribution in [3.05, 3.63) is 66.5 Å². The number of para-hydroxylation sites is 1. The Kier molecular flexibility index (Phi) is 13.9. The van der Waals surface area contributed by atoms with E-state index in [1.165, 1.54) is 19.8 Å². The van der Waals surface area contributed by atoms with Crippen LogP contribution in [0.5, 0.6) is 5.75 Å². The molecule has 9 heteroatoms. The van der Waals surface area contributed by atoms with Gasteiger partial charge >= 0.3 is 6.09 Å². The highest BCUT2D eigenvalue weighted by Crippen LogP contribution is 2.36. The Morgan fingerprint density at radius 2 is 1.73 bits per heavy atom. The average molecular weight is 603 g/mol. The highest BCUT2D eigenvalue weighted by Gasteiger charge is 2.16. The summed E-state index contributed by atoms with van der Waals surface area (Å²) >= 11 is 0. The smallest absolute Gasteiger partial charge is 0.411 e. The largest absolute Gasteiger partial charge is 0.496 e. The number of methoxy groups -OCH3 is 1. The van der Waals surface area contributed by atoms with Crippen LogP contribution in [0.2, 0.25) is 0 Å². The number of hydrogen-bond acceptors (Lipinski definition) is 7. The molecule has 2 N–H and O–H groups in total. The van der Waals surface area contributed by atoms with Crippen molar-refractivity contribution in [1.82, 2.24) is 14.9 Å². The van der Waals surface area contributed by atoms with Gasteiger partial charge in [-0.2, -0.15) is 0 Å². The average Bonchev–Trinajstić information content (AvgIpc) is 3.49. The molecule has 0 bridgehead atoms. The predicted molar refractivity (Wildman–Crippen MR) is 178 cm³/mol. The number of amides is 1. The number of aromatic amines is 1. The SMILES string of the molecule is CC.CCCC.COc1ccccc1-c1c[nH]c2ncc(-c3ccc(NC(=O)OCCN4CCOCC4)c(C(C)=O)c3)cc12. The predicted octanol–water partition coefficient (Wildman–Crippen LogP) is 7.82. The highest BCUT2D eigenvalue weighted by atomic mass is 16.5. The molecule has 1 aliphatic rings. The molecule has 2 aromatic carbocycles. The molecule has 4 aromatic rings. The van der Waals surface area contributed by atoms with Crippen LogP contribution in [-0.4, -0.2) is 73.3 Å². The Labute approximate surface area is 260 Å². The van der Waals surface area contributed by atoms with Crippen LogP contribution in [-0.2, 0) is 9.47 Å². The first kappa shape index (κ1) is 34.3. The molecular weight excluding hydrogens is 556 g/mol. The summed E-state index contributed by atoms with van der Waals surface area (Å²) in [5.41, 5.74) is 5.13. The number of pyridine rings is 1. The van der Waals surface area contributed by atoms with Gasteiger partial charge in [0.2, 0.25) is 0 Å². The zero-order chi connectivity index (χ0) is 31.9. The number of nitrogens with zero attached hydrogens (tertiary/aromatic N) is 2. The Hall–Kier alpha value is -4.21. The minimum atomic E-state index is -0.592. The number of H-pyrrole nitrogens is 1. The number of aromatic nitrogens is 2. The Morgan fingerprint density at radius 1 is 1.00 bits per heavy atom. The van der Waals surface area contributed by atoms with Crippen molar-refractivity contribution in [2.45, 2.75) is 47.5 Å². The maximum atomic E-state index is 12.5. The van der Waals surface area contributed by atoms with Crippen LogP contribution >= 0.6 is 0 Å². The molecule has 0 spiro atoms. The Morgan fingerprint density at radius 3 is 2.41 bits per heavy atom. The highest BCUT2D eigenvalue weighted by molar-refractivity contribution is 6.04. The van der Waals surface area contributed by atoms with Gasteiger partial charge in [-0.05, 0) is 36.8 Å². The molecule has 9 nitrogen and oxygen atoms in total. The van der Waals surface area contributed by atoms with Crippen molar-refractivity contribution in [2.75, 3.05) is 51.9 Å². The number of carbonyl (C=O) groups is 2. The third-order valence-corrected chi connectivity index (χ3v) is 7.14. The van der Waals surface area contributed by atoms with Crippen molar-refractivity contribution >= 4 is 28.6 Å². The van der Waals surface area contributed by atoms with E-state index in [9.17, 15) is 9.59 Å². The summed E-state index contributed by atoms with van der Waals surface area (Å²) in [7, 11) is 1.65. The lowest BCUT2D eigenvalue weighted by Gasteiger charge is -2.26. The molecule has 2 aromatic heterocycles. The van der Waals surface area contributed by atoms with E-state index in [1.807, 2.05) is 56.4 Å². The topological polar surface area (TPSA) is 106 Å². The Bertz CT molecular complexity index is 1490. The molecule has 1 aliphatic heterocycles. The molecule has 0 saturated carbocycles. The number of fused-ring (bicyclic) bond motifs is 1. The van der Waals surface area contributed by atoms with E-state index in [-0.39, 0.29) is 12.4 Å². The van der Waals surface area contributed by atoms with Crippen LogP contribution < -0.4 is 10.1 Å². The van der Waals surface area contributed by atoms with Gasteiger partial charge in [0.1, 0.15) is 18.0 Å². The molecule has 1 amide bonds. The van der Waals surface area contributed by atoms with Crippen LogP contribution in [0.15, 0.2) is 60.9 Å². The van der Waals surface area contributed by atoms with Crippen molar-refractivity contribution in [2.24, 2.45) is 0 Å². The van der Waals surface area contributed by atoms with E-state index in [4.69, 9.17) is 14.2 Å². The molecule has 236 valence electrons.